The van der Waals surface area contributed by atoms with Crippen LogP contribution in [0.3, 0.4) is 0 Å². The molecule has 3 aromatic carbocycles. The number of ether oxygens (including phenoxy) is 4. The van der Waals surface area contributed by atoms with Crippen molar-refractivity contribution >= 4 is 30.6 Å². The number of benzene rings is 3. The number of rotatable bonds is 16. The van der Waals surface area contributed by atoms with Crippen molar-refractivity contribution in [3.63, 3.8) is 0 Å². The molecule has 2 fully saturated rings. The number of fused-ring (bicyclic) bond motifs is 1. The van der Waals surface area contributed by atoms with Crippen molar-refractivity contribution in [1.82, 2.24) is 24.6 Å². The number of imidazole rings is 1. The number of carbonyl (C=O) groups is 1. The van der Waals surface area contributed by atoms with Crippen LogP contribution in [0.2, 0.25) is 0 Å². The maximum absolute atomic E-state index is 17.0. The highest BCUT2D eigenvalue weighted by Gasteiger charge is 2.63. The van der Waals surface area contributed by atoms with Gasteiger partial charge < -0.3 is 28.8 Å². The van der Waals surface area contributed by atoms with Crippen LogP contribution in [0.25, 0.3) is 11.2 Å². The maximum atomic E-state index is 17.0. The van der Waals surface area contributed by atoms with Gasteiger partial charge >= 0.3 is 5.97 Å². The van der Waals surface area contributed by atoms with E-state index in [0.717, 1.165) is 48.8 Å². The molecule has 6 atom stereocenters. The van der Waals surface area contributed by atoms with Gasteiger partial charge in [-0.15, -0.1) is 0 Å². The van der Waals surface area contributed by atoms with E-state index in [4.69, 9.17) is 33.4 Å². The van der Waals surface area contributed by atoms with Crippen molar-refractivity contribution in [1.29, 1.82) is 0 Å². The van der Waals surface area contributed by atoms with Crippen LogP contribution in [0.5, 0.6) is 11.6 Å². The highest BCUT2D eigenvalue weighted by Crippen LogP contribution is 2.54. The van der Waals surface area contributed by atoms with Crippen LogP contribution >= 0.6 is 7.52 Å². The molecular weight excluding hydrogens is 793 g/mol. The third kappa shape index (κ3) is 8.63. The average Bonchev–Trinajstić information content (AvgIpc) is 3.75. The first kappa shape index (κ1) is 43.1. The van der Waals surface area contributed by atoms with Crippen LogP contribution in [0.15, 0.2) is 91.3 Å². The van der Waals surface area contributed by atoms with Crippen LogP contribution in [0, 0.1) is 5.92 Å². The van der Waals surface area contributed by atoms with E-state index < -0.39 is 55.3 Å². The molecule has 1 aliphatic heterocycles. The third-order valence-electron chi connectivity index (χ3n) is 11.6. The van der Waals surface area contributed by atoms with Crippen LogP contribution in [0.4, 0.5) is 14.7 Å². The van der Waals surface area contributed by atoms with Crippen molar-refractivity contribution in [3.8, 4) is 11.6 Å². The van der Waals surface area contributed by atoms with Crippen molar-refractivity contribution in [2.75, 3.05) is 32.3 Å². The number of halogens is 2. The number of nitrogens with one attached hydrogen (secondary N) is 2. The van der Waals surface area contributed by atoms with E-state index >= 15 is 8.78 Å². The minimum absolute atomic E-state index is 0.104. The summed E-state index contributed by atoms with van der Waals surface area (Å²) in [4.78, 5) is 27.0. The van der Waals surface area contributed by atoms with E-state index in [-0.39, 0.29) is 35.7 Å². The first-order valence-electron chi connectivity index (χ1n) is 20.4. The van der Waals surface area contributed by atoms with Gasteiger partial charge in [0.1, 0.15) is 30.0 Å². The Morgan fingerprint density at radius 2 is 1.60 bits per heavy atom. The Morgan fingerprint density at radius 1 is 0.983 bits per heavy atom. The summed E-state index contributed by atoms with van der Waals surface area (Å²) in [6, 6.07) is 26.3. The molecule has 1 saturated heterocycles. The topological polar surface area (TPSA) is 148 Å². The zero-order valence-electron chi connectivity index (χ0n) is 34.8. The van der Waals surface area contributed by atoms with Crippen molar-refractivity contribution in [3.05, 3.63) is 108 Å². The Kier molecular flexibility index (Phi) is 12.6. The minimum atomic E-state index is -3.83. The summed E-state index contributed by atoms with van der Waals surface area (Å²) in [5.41, 5.74) is -0.572. The Balaban J connectivity index is 1.21. The highest BCUT2D eigenvalue weighted by molar-refractivity contribution is 7.56. The second-order valence-electron chi connectivity index (χ2n) is 15.7. The number of nitrogens with zero attached hydrogens (tertiary/aromatic N) is 4. The first-order valence-corrected chi connectivity index (χ1v) is 22.4. The molecule has 1 aliphatic carbocycles. The molecule has 1 saturated carbocycles. The summed E-state index contributed by atoms with van der Waals surface area (Å²) < 4.78 is 77.5. The zero-order valence-corrected chi connectivity index (χ0v) is 35.7. The fraction of sp³-hybridized carbons (Fsp3) is 0.455. The molecule has 0 amide bonds. The molecule has 0 spiro atoms. The van der Waals surface area contributed by atoms with Crippen molar-refractivity contribution in [2.45, 2.75) is 95.2 Å². The first-order chi connectivity index (χ1) is 28.7. The molecule has 2 aliphatic rings. The fourth-order valence-corrected chi connectivity index (χ4v) is 9.39. The average molecular weight is 847 g/mol. The van der Waals surface area contributed by atoms with Gasteiger partial charge in [-0.05, 0) is 75.3 Å². The van der Waals surface area contributed by atoms with Crippen LogP contribution in [0.1, 0.15) is 82.7 Å². The number of anilines is 1. The Labute approximate surface area is 349 Å². The van der Waals surface area contributed by atoms with E-state index in [1.54, 1.807) is 14.0 Å². The van der Waals surface area contributed by atoms with Gasteiger partial charge in [0.25, 0.3) is 7.52 Å². The van der Waals surface area contributed by atoms with Gasteiger partial charge in [0.2, 0.25) is 17.7 Å². The zero-order chi connectivity index (χ0) is 42.7. The Bertz CT molecular complexity index is 2260. The molecule has 3 heterocycles. The van der Waals surface area contributed by atoms with E-state index in [2.05, 4.69) is 15.4 Å². The summed E-state index contributed by atoms with van der Waals surface area (Å²) >= 11 is 0. The second-order valence-corrected chi connectivity index (χ2v) is 17.9. The fourth-order valence-electron chi connectivity index (χ4n) is 8.09. The van der Waals surface area contributed by atoms with Gasteiger partial charge in [0.05, 0.1) is 26.0 Å². The quantitative estimate of drug-likeness (QED) is 0.0555. The summed E-state index contributed by atoms with van der Waals surface area (Å²) in [6.45, 7) is 6.45. The van der Waals surface area contributed by atoms with E-state index in [0.29, 0.717) is 5.75 Å². The van der Waals surface area contributed by atoms with E-state index in [1.165, 1.54) is 38.3 Å². The maximum Gasteiger partial charge on any atom is 0.323 e. The lowest BCUT2D eigenvalue weighted by Gasteiger charge is -2.37. The number of methoxy groups -OCH3 is 1. The van der Waals surface area contributed by atoms with Crippen LogP contribution < -0.4 is 19.9 Å². The molecule has 2 aromatic heterocycles. The van der Waals surface area contributed by atoms with Gasteiger partial charge in [-0.25, -0.2) is 18.9 Å². The number of esters is 1. The molecule has 60 heavy (non-hydrogen) atoms. The number of carbonyl (C=O) groups excluding carboxylic acids is 1. The monoisotopic (exact) mass is 846 g/mol. The molecule has 16 heteroatoms. The van der Waals surface area contributed by atoms with Crippen LogP contribution in [-0.2, 0) is 28.9 Å². The molecule has 2 N–H and O–H groups in total. The van der Waals surface area contributed by atoms with E-state index in [9.17, 15) is 9.36 Å². The second kappa shape index (κ2) is 17.6. The predicted octanol–water partition coefficient (Wildman–Crippen LogP) is 8.89. The van der Waals surface area contributed by atoms with Crippen molar-refractivity contribution < 1.29 is 41.6 Å². The third-order valence-corrected chi connectivity index (χ3v) is 13.0. The number of hydrogen-bond acceptors (Lipinski definition) is 11. The Hall–Kier alpha value is -4.95. The number of aromatic nitrogens is 4. The summed E-state index contributed by atoms with van der Waals surface area (Å²) in [7, 11) is -2.22. The van der Waals surface area contributed by atoms with Crippen LogP contribution in [-0.4, -0.2) is 76.1 Å². The number of alkyl halides is 2. The lowest BCUT2D eigenvalue weighted by Crippen LogP contribution is -2.41. The molecule has 5 aromatic rings. The SMILES string of the molecule is CCOc1nc(NC(c2ccccc2)(c2ccccc2)c2ccc(OC)cc2)nc2c1ncn2[C@@H]1O[C@](F)(CO[P@](C)(=O)N[C@@H](C)C(=O)OC2CCCCC2)[C@@H](C)[C@@]1(C)F. The summed E-state index contributed by atoms with van der Waals surface area (Å²) in [5, 5.41) is 6.28. The lowest BCUT2D eigenvalue weighted by atomic mass is 9.77. The van der Waals surface area contributed by atoms with E-state index in [1.807, 2.05) is 84.9 Å². The standard InChI is InChI=1S/C44H53F2N6O7P/c1-7-56-38-36-37(48-41(49-38)50-44(31-17-11-8-12-18-31,32-19-13-9-14-20-32)33-23-25-34(55-5)26-24-33)52(28-47-36)40-42(4,45)30(3)43(46,59-40)27-57-60(6,54)51-29(2)39(53)58-35-21-15-10-16-22-35/h8-9,11-14,17-20,23-26,28-30,35,40H,7,10,15-16,21-22,27H2,1-6H3,(H,51,54)(H,48,49,50)/t29-,30-,40+,42+,43+,60-/m0/s1. The molecule has 0 bridgehead atoms. The molecule has 0 unspecified atom stereocenters. The molecular formula is C44H53F2N6O7P. The minimum Gasteiger partial charge on any atom is -0.497 e. The van der Waals surface area contributed by atoms with Gasteiger partial charge in [0.15, 0.2) is 23.1 Å². The van der Waals surface area contributed by atoms with Gasteiger partial charge in [0, 0.05) is 6.66 Å². The smallest absolute Gasteiger partial charge is 0.323 e. The highest BCUT2D eigenvalue weighted by atomic mass is 31.2. The molecule has 13 nitrogen and oxygen atoms in total. The summed E-state index contributed by atoms with van der Waals surface area (Å²) in [5.74, 6) is -3.87. The molecule has 7 rings (SSSR count). The Morgan fingerprint density at radius 3 is 2.20 bits per heavy atom. The number of hydrogen-bond donors (Lipinski definition) is 2. The van der Waals surface area contributed by atoms with Crippen molar-refractivity contribution in [2.24, 2.45) is 5.92 Å². The molecule has 320 valence electrons. The van der Waals surface area contributed by atoms with Gasteiger partial charge in [-0.3, -0.25) is 13.9 Å². The van der Waals surface area contributed by atoms with Gasteiger partial charge in [-0.1, -0.05) is 86.1 Å². The largest absolute Gasteiger partial charge is 0.497 e. The summed E-state index contributed by atoms with van der Waals surface area (Å²) in [6.07, 6.45) is 4.10. The van der Waals surface area contributed by atoms with Gasteiger partial charge in [-0.2, -0.15) is 9.97 Å². The normalized spacial score (nSPS) is 23.8. The predicted molar refractivity (Wildman–Crippen MR) is 224 cm³/mol. The molecule has 0 radical (unpaired) electrons. The lowest BCUT2D eigenvalue weighted by molar-refractivity contribution is -0.187.